The summed E-state index contributed by atoms with van der Waals surface area (Å²) >= 11 is 18.8. The third kappa shape index (κ3) is 5.87. The predicted octanol–water partition coefficient (Wildman–Crippen LogP) is 6.69. The largest absolute Gasteiger partial charge is 0.489 e. The minimum Gasteiger partial charge on any atom is -0.489 e. The van der Waals surface area contributed by atoms with Gasteiger partial charge in [-0.05, 0) is 41.5 Å². The molecule has 1 unspecified atom stereocenters. The van der Waals surface area contributed by atoms with Gasteiger partial charge in [-0.3, -0.25) is 9.69 Å². The number of hydrogen-bond acceptors (Lipinski definition) is 6. The second-order valence-corrected chi connectivity index (χ2v) is 10.0. The fraction of sp³-hybridized carbons (Fsp3) is 0.115. The number of benzene rings is 3. The summed E-state index contributed by atoms with van der Waals surface area (Å²) in [6, 6.07) is 20.5. The number of amides is 1. The van der Waals surface area contributed by atoms with Crippen molar-refractivity contribution in [3.05, 3.63) is 104 Å². The molecule has 1 heterocycles. The van der Waals surface area contributed by atoms with Crippen LogP contribution < -0.4 is 4.74 Å². The fourth-order valence-electron chi connectivity index (χ4n) is 3.49. The highest BCUT2D eigenvalue weighted by molar-refractivity contribution is 8.26. The summed E-state index contributed by atoms with van der Waals surface area (Å²) in [7, 11) is 1.29. The Morgan fingerprint density at radius 3 is 2.57 bits per heavy atom. The molecule has 4 rings (SSSR count). The number of nitrogens with zero attached hydrogens (tertiary/aromatic N) is 1. The normalized spacial score (nSPS) is 15.4. The van der Waals surface area contributed by atoms with Crippen LogP contribution in [-0.2, 0) is 20.9 Å². The zero-order chi connectivity index (χ0) is 24.9. The molecule has 0 saturated carbocycles. The minimum absolute atomic E-state index is 0.263. The third-order valence-corrected chi connectivity index (χ3v) is 7.10. The van der Waals surface area contributed by atoms with Crippen LogP contribution in [0.25, 0.3) is 6.08 Å². The lowest BCUT2D eigenvalue weighted by Gasteiger charge is -2.24. The first-order valence-electron chi connectivity index (χ1n) is 10.4. The predicted molar refractivity (Wildman–Crippen MR) is 143 cm³/mol. The van der Waals surface area contributed by atoms with Crippen molar-refractivity contribution in [2.45, 2.75) is 12.6 Å². The highest BCUT2D eigenvalue weighted by Crippen LogP contribution is 2.39. The number of carbonyl (C=O) groups is 2. The van der Waals surface area contributed by atoms with E-state index < -0.39 is 12.0 Å². The third-order valence-electron chi connectivity index (χ3n) is 5.19. The first kappa shape index (κ1) is 25.3. The molecule has 1 amide bonds. The maximum atomic E-state index is 13.3. The molecule has 9 heteroatoms. The number of rotatable bonds is 7. The molecule has 1 atom stereocenters. The van der Waals surface area contributed by atoms with Crippen LogP contribution in [0.5, 0.6) is 5.75 Å². The lowest BCUT2D eigenvalue weighted by Crippen LogP contribution is -2.37. The average Bonchev–Trinajstić information content (AvgIpc) is 3.12. The van der Waals surface area contributed by atoms with Gasteiger partial charge in [-0.15, -0.1) is 0 Å². The summed E-state index contributed by atoms with van der Waals surface area (Å²) in [5.41, 5.74) is 2.17. The van der Waals surface area contributed by atoms with Gasteiger partial charge in [-0.25, -0.2) is 4.79 Å². The van der Waals surface area contributed by atoms with Crippen LogP contribution in [0.2, 0.25) is 10.0 Å². The van der Waals surface area contributed by atoms with Gasteiger partial charge in [0.25, 0.3) is 5.91 Å². The lowest BCUT2D eigenvalue weighted by molar-refractivity contribution is -0.148. The van der Waals surface area contributed by atoms with Crippen LogP contribution >= 0.6 is 47.2 Å². The van der Waals surface area contributed by atoms with Crippen molar-refractivity contribution in [1.82, 2.24) is 4.90 Å². The number of thioether (sulfide) groups is 1. The molecule has 5 nitrogen and oxygen atoms in total. The molecular weight excluding hydrogens is 525 g/mol. The van der Waals surface area contributed by atoms with Gasteiger partial charge in [0.2, 0.25) is 0 Å². The molecule has 0 N–H and O–H groups in total. The fourth-order valence-corrected chi connectivity index (χ4v) is 5.26. The van der Waals surface area contributed by atoms with Crippen molar-refractivity contribution >= 4 is 69.5 Å². The second kappa shape index (κ2) is 11.3. The average molecular weight is 544 g/mol. The number of halogens is 2. The quantitative estimate of drug-likeness (QED) is 0.188. The maximum Gasteiger partial charge on any atom is 0.333 e. The van der Waals surface area contributed by atoms with Crippen molar-refractivity contribution in [2.75, 3.05) is 7.11 Å². The van der Waals surface area contributed by atoms with E-state index in [0.717, 1.165) is 22.9 Å². The first-order valence-corrected chi connectivity index (χ1v) is 12.4. The molecule has 1 aliphatic rings. The Kier molecular flexibility index (Phi) is 8.13. The number of carbonyl (C=O) groups excluding carboxylic acids is 2. The molecule has 0 aromatic heterocycles. The number of thiocarbonyl (C=S) groups is 1. The highest BCUT2D eigenvalue weighted by atomic mass is 35.5. The molecular formula is C26H19Cl2NO4S2. The molecule has 0 aliphatic carbocycles. The topological polar surface area (TPSA) is 55.8 Å². The van der Waals surface area contributed by atoms with Gasteiger partial charge in [-0.1, -0.05) is 95.7 Å². The maximum absolute atomic E-state index is 13.3. The zero-order valence-electron chi connectivity index (χ0n) is 18.4. The van der Waals surface area contributed by atoms with Crippen molar-refractivity contribution in [1.29, 1.82) is 0 Å². The molecule has 178 valence electrons. The SMILES string of the molecule is COC(=O)C(c1ccccc1)N1C(=O)/C(=C\c2cccc(OCc3ccc(Cl)cc3Cl)c2)SC1=S. The van der Waals surface area contributed by atoms with E-state index in [9.17, 15) is 9.59 Å². The van der Waals surface area contributed by atoms with E-state index in [2.05, 4.69) is 0 Å². The van der Waals surface area contributed by atoms with Crippen molar-refractivity contribution < 1.29 is 19.1 Å². The van der Waals surface area contributed by atoms with E-state index in [1.54, 1.807) is 42.5 Å². The van der Waals surface area contributed by atoms with Gasteiger partial charge in [-0.2, -0.15) is 0 Å². The Bertz CT molecular complexity index is 1310. The molecule has 0 bridgehead atoms. The van der Waals surface area contributed by atoms with Crippen LogP contribution in [0.3, 0.4) is 0 Å². The van der Waals surface area contributed by atoms with E-state index in [-0.39, 0.29) is 16.8 Å². The van der Waals surface area contributed by atoms with Crippen molar-refractivity contribution in [2.24, 2.45) is 0 Å². The molecule has 1 aliphatic heterocycles. The van der Waals surface area contributed by atoms with E-state index in [1.165, 1.54) is 12.0 Å². The Morgan fingerprint density at radius 2 is 1.86 bits per heavy atom. The van der Waals surface area contributed by atoms with E-state index in [4.69, 9.17) is 44.9 Å². The molecule has 3 aromatic carbocycles. The summed E-state index contributed by atoms with van der Waals surface area (Å²) in [4.78, 5) is 27.6. The molecule has 3 aromatic rings. The number of hydrogen-bond donors (Lipinski definition) is 0. The van der Waals surface area contributed by atoms with Crippen LogP contribution in [-0.4, -0.2) is 28.2 Å². The van der Waals surface area contributed by atoms with E-state index in [0.29, 0.717) is 26.3 Å². The van der Waals surface area contributed by atoms with Gasteiger partial charge in [0.05, 0.1) is 12.0 Å². The van der Waals surface area contributed by atoms with Crippen molar-refractivity contribution in [3.8, 4) is 5.75 Å². The van der Waals surface area contributed by atoms with Crippen LogP contribution in [0.1, 0.15) is 22.7 Å². The Hall–Kier alpha value is -2.84. The highest BCUT2D eigenvalue weighted by Gasteiger charge is 2.41. The summed E-state index contributed by atoms with van der Waals surface area (Å²) in [5.74, 6) is -0.319. The second-order valence-electron chi connectivity index (χ2n) is 7.48. The summed E-state index contributed by atoms with van der Waals surface area (Å²) in [6.45, 7) is 0.263. The summed E-state index contributed by atoms with van der Waals surface area (Å²) < 4.78 is 11.1. The molecule has 1 saturated heterocycles. The van der Waals surface area contributed by atoms with Crippen LogP contribution in [0.15, 0.2) is 77.7 Å². The van der Waals surface area contributed by atoms with Gasteiger partial charge in [0.15, 0.2) is 6.04 Å². The summed E-state index contributed by atoms with van der Waals surface area (Å²) in [6.07, 6.45) is 1.72. The number of methoxy groups -OCH3 is 1. The Morgan fingerprint density at radius 1 is 1.09 bits per heavy atom. The molecule has 0 radical (unpaired) electrons. The standard InChI is InChI=1S/C26H19Cl2NO4S2/c1-32-25(31)23(17-7-3-2-4-8-17)29-24(30)22(35-26(29)34)13-16-6-5-9-20(12-16)33-15-18-10-11-19(27)14-21(18)28/h2-14,23H,15H2,1H3/b22-13+. The Balaban J connectivity index is 1.54. The Labute approximate surface area is 222 Å². The zero-order valence-corrected chi connectivity index (χ0v) is 21.6. The van der Waals surface area contributed by atoms with Gasteiger partial charge in [0, 0.05) is 15.6 Å². The minimum atomic E-state index is -0.960. The van der Waals surface area contributed by atoms with Gasteiger partial charge >= 0.3 is 5.97 Å². The number of ether oxygens (including phenoxy) is 2. The van der Waals surface area contributed by atoms with Gasteiger partial charge in [0.1, 0.15) is 16.7 Å². The van der Waals surface area contributed by atoms with Gasteiger partial charge < -0.3 is 9.47 Å². The first-order chi connectivity index (χ1) is 16.9. The van der Waals surface area contributed by atoms with E-state index in [1.807, 2.05) is 36.4 Å². The number of esters is 1. The van der Waals surface area contributed by atoms with Crippen LogP contribution in [0.4, 0.5) is 0 Å². The molecule has 0 spiro atoms. The molecule has 35 heavy (non-hydrogen) atoms. The lowest BCUT2D eigenvalue weighted by atomic mass is 10.1. The summed E-state index contributed by atoms with van der Waals surface area (Å²) in [5, 5.41) is 1.08. The van der Waals surface area contributed by atoms with Crippen molar-refractivity contribution in [3.63, 3.8) is 0 Å². The smallest absolute Gasteiger partial charge is 0.333 e. The molecule has 1 fully saturated rings. The van der Waals surface area contributed by atoms with E-state index >= 15 is 0 Å². The monoisotopic (exact) mass is 543 g/mol. The van der Waals surface area contributed by atoms with Crippen LogP contribution in [0, 0.1) is 0 Å².